The van der Waals surface area contributed by atoms with Gasteiger partial charge in [-0.2, -0.15) is 0 Å². The molecule has 1 aliphatic carbocycles. The summed E-state index contributed by atoms with van der Waals surface area (Å²) < 4.78 is 0. The van der Waals surface area contributed by atoms with Crippen LogP contribution in [0.2, 0.25) is 0 Å². The first-order valence-corrected chi connectivity index (χ1v) is 12.0. The highest BCUT2D eigenvalue weighted by molar-refractivity contribution is 7.09. The van der Waals surface area contributed by atoms with Gasteiger partial charge in [0.2, 0.25) is 0 Å². The van der Waals surface area contributed by atoms with Crippen molar-refractivity contribution in [3.05, 3.63) is 45.9 Å². The van der Waals surface area contributed by atoms with E-state index in [1.54, 1.807) is 11.3 Å². The predicted octanol–water partition coefficient (Wildman–Crippen LogP) is 7.40. The molecule has 2 aromatic rings. The van der Waals surface area contributed by atoms with Crippen LogP contribution in [0.3, 0.4) is 0 Å². The zero-order chi connectivity index (χ0) is 21.0. The molecule has 1 fully saturated rings. The molecule has 1 atom stereocenters. The zero-order valence-electron chi connectivity index (χ0n) is 18.6. The second kappa shape index (κ2) is 9.42. The SMILES string of the molecule is CCC(C)CC1CCC(c2nc(C(=O)Nc3ccccc3C(C)(C)C)cs2)CC1. The fraction of sp³-hybridized carbons (Fsp3) is 0.600. The largest absolute Gasteiger partial charge is 0.320 e. The molecule has 1 aliphatic rings. The summed E-state index contributed by atoms with van der Waals surface area (Å²) in [7, 11) is 0. The van der Waals surface area contributed by atoms with Crippen LogP contribution in [0.4, 0.5) is 5.69 Å². The molecular formula is C25H36N2OS. The summed E-state index contributed by atoms with van der Waals surface area (Å²) >= 11 is 1.65. The molecule has 29 heavy (non-hydrogen) atoms. The normalized spacial score (nSPS) is 21.0. The molecule has 1 saturated carbocycles. The highest BCUT2D eigenvalue weighted by Gasteiger charge is 2.26. The number of anilines is 1. The molecule has 1 aromatic heterocycles. The van der Waals surface area contributed by atoms with Crippen LogP contribution >= 0.6 is 11.3 Å². The van der Waals surface area contributed by atoms with Gasteiger partial charge in [-0.1, -0.05) is 59.2 Å². The summed E-state index contributed by atoms with van der Waals surface area (Å²) in [6.07, 6.45) is 7.67. The second-order valence-corrected chi connectivity index (χ2v) is 10.7. The third-order valence-corrected chi connectivity index (χ3v) is 7.37. The topological polar surface area (TPSA) is 42.0 Å². The van der Waals surface area contributed by atoms with E-state index >= 15 is 0 Å². The average molecular weight is 413 g/mol. The number of nitrogens with one attached hydrogen (secondary N) is 1. The van der Waals surface area contributed by atoms with Crippen LogP contribution < -0.4 is 5.32 Å². The van der Waals surface area contributed by atoms with Crippen molar-refractivity contribution < 1.29 is 4.79 Å². The van der Waals surface area contributed by atoms with Crippen LogP contribution in [0.1, 0.15) is 100 Å². The lowest BCUT2D eigenvalue weighted by Crippen LogP contribution is -2.19. The van der Waals surface area contributed by atoms with Gasteiger partial charge in [0.05, 0.1) is 5.01 Å². The molecule has 3 rings (SSSR count). The Morgan fingerprint density at radius 1 is 1.21 bits per heavy atom. The number of carbonyl (C=O) groups excluding carboxylic acids is 1. The van der Waals surface area contributed by atoms with Gasteiger partial charge in [-0.15, -0.1) is 11.3 Å². The maximum atomic E-state index is 12.8. The molecule has 1 heterocycles. The average Bonchev–Trinajstić information content (AvgIpc) is 3.18. The zero-order valence-corrected chi connectivity index (χ0v) is 19.4. The number of thiazole rings is 1. The van der Waals surface area contributed by atoms with E-state index in [0.29, 0.717) is 11.6 Å². The van der Waals surface area contributed by atoms with Crippen molar-refractivity contribution in [2.75, 3.05) is 5.32 Å². The van der Waals surface area contributed by atoms with Crippen LogP contribution in [-0.2, 0) is 5.41 Å². The number of nitrogens with zero attached hydrogens (tertiary/aromatic N) is 1. The van der Waals surface area contributed by atoms with E-state index in [1.165, 1.54) is 38.5 Å². The Balaban J connectivity index is 1.62. The van der Waals surface area contributed by atoms with Crippen LogP contribution in [0.5, 0.6) is 0 Å². The van der Waals surface area contributed by atoms with Gasteiger partial charge < -0.3 is 5.32 Å². The van der Waals surface area contributed by atoms with E-state index in [-0.39, 0.29) is 11.3 Å². The molecule has 4 heteroatoms. The first-order valence-electron chi connectivity index (χ1n) is 11.1. The Labute approximate surface area is 180 Å². The smallest absolute Gasteiger partial charge is 0.275 e. The summed E-state index contributed by atoms with van der Waals surface area (Å²) in [5, 5.41) is 6.16. The van der Waals surface area contributed by atoms with Crippen molar-refractivity contribution >= 4 is 22.9 Å². The van der Waals surface area contributed by atoms with Crippen LogP contribution in [0.25, 0.3) is 0 Å². The van der Waals surface area contributed by atoms with Gasteiger partial charge in [0, 0.05) is 17.0 Å². The highest BCUT2D eigenvalue weighted by atomic mass is 32.1. The van der Waals surface area contributed by atoms with E-state index < -0.39 is 0 Å². The van der Waals surface area contributed by atoms with E-state index in [0.717, 1.165) is 28.1 Å². The summed E-state index contributed by atoms with van der Waals surface area (Å²) in [5.41, 5.74) is 2.55. The molecular weight excluding hydrogens is 376 g/mol. The number of rotatable bonds is 6. The third kappa shape index (κ3) is 5.69. The van der Waals surface area contributed by atoms with E-state index in [9.17, 15) is 4.79 Å². The summed E-state index contributed by atoms with van der Waals surface area (Å²) in [4.78, 5) is 17.6. The van der Waals surface area contributed by atoms with Gasteiger partial charge in [0.25, 0.3) is 5.91 Å². The van der Waals surface area contributed by atoms with Gasteiger partial charge in [0.1, 0.15) is 5.69 Å². The van der Waals surface area contributed by atoms with Crippen molar-refractivity contribution in [2.24, 2.45) is 11.8 Å². The quantitative estimate of drug-likeness (QED) is 0.537. The lowest BCUT2D eigenvalue weighted by molar-refractivity contribution is 0.102. The van der Waals surface area contributed by atoms with Crippen molar-refractivity contribution in [3.63, 3.8) is 0 Å². The maximum Gasteiger partial charge on any atom is 0.275 e. The fourth-order valence-corrected chi connectivity index (χ4v) is 5.36. The fourth-order valence-electron chi connectivity index (χ4n) is 4.39. The van der Waals surface area contributed by atoms with Crippen molar-refractivity contribution in [3.8, 4) is 0 Å². The molecule has 0 spiro atoms. The number of aromatic nitrogens is 1. The number of hydrogen-bond acceptors (Lipinski definition) is 3. The first kappa shape index (κ1) is 22.0. The van der Waals surface area contributed by atoms with Gasteiger partial charge in [-0.3, -0.25) is 4.79 Å². The molecule has 0 aliphatic heterocycles. The van der Waals surface area contributed by atoms with Crippen molar-refractivity contribution in [1.82, 2.24) is 4.98 Å². The Hall–Kier alpha value is -1.68. The third-order valence-electron chi connectivity index (χ3n) is 6.37. The van der Waals surface area contributed by atoms with Gasteiger partial charge >= 0.3 is 0 Å². The minimum Gasteiger partial charge on any atom is -0.320 e. The molecule has 1 N–H and O–H groups in total. The molecule has 0 bridgehead atoms. The second-order valence-electron chi connectivity index (χ2n) is 9.79. The van der Waals surface area contributed by atoms with Gasteiger partial charge in [-0.25, -0.2) is 4.98 Å². The minimum atomic E-state index is -0.102. The van der Waals surface area contributed by atoms with Crippen LogP contribution in [-0.4, -0.2) is 10.9 Å². The standard InChI is InChI=1S/C25H36N2OS/c1-6-17(2)15-18-11-13-19(14-12-18)24-27-22(16-29-24)23(28)26-21-10-8-7-9-20(21)25(3,4)5/h7-10,16-19H,6,11-15H2,1-5H3,(H,26,28). The lowest BCUT2D eigenvalue weighted by atomic mass is 9.78. The number of carbonyl (C=O) groups is 1. The van der Waals surface area contributed by atoms with E-state index in [4.69, 9.17) is 4.98 Å². The Bertz CT molecular complexity index is 812. The van der Waals surface area contributed by atoms with Gasteiger partial charge in [-0.05, 0) is 61.0 Å². The Morgan fingerprint density at radius 2 is 1.90 bits per heavy atom. The highest BCUT2D eigenvalue weighted by Crippen LogP contribution is 2.39. The number of benzene rings is 1. The van der Waals surface area contributed by atoms with Gasteiger partial charge in [0.15, 0.2) is 0 Å². The van der Waals surface area contributed by atoms with Crippen molar-refractivity contribution in [2.45, 2.75) is 84.5 Å². The molecule has 0 radical (unpaired) electrons. The maximum absolute atomic E-state index is 12.8. The first-order chi connectivity index (χ1) is 13.8. The number of hydrogen-bond donors (Lipinski definition) is 1. The van der Waals surface area contributed by atoms with Crippen LogP contribution in [0, 0.1) is 11.8 Å². The number of amides is 1. The minimum absolute atomic E-state index is 0.0228. The summed E-state index contributed by atoms with van der Waals surface area (Å²) in [6, 6.07) is 8.05. The van der Waals surface area contributed by atoms with E-state index in [2.05, 4.69) is 46.0 Å². The molecule has 0 saturated heterocycles. The Morgan fingerprint density at radius 3 is 2.55 bits per heavy atom. The lowest BCUT2D eigenvalue weighted by Gasteiger charge is -2.28. The molecule has 1 unspecified atom stereocenters. The molecule has 3 nitrogen and oxygen atoms in total. The predicted molar refractivity (Wildman–Crippen MR) is 124 cm³/mol. The van der Waals surface area contributed by atoms with Crippen molar-refractivity contribution in [1.29, 1.82) is 0 Å². The Kier molecular flexibility index (Phi) is 7.15. The summed E-state index contributed by atoms with van der Waals surface area (Å²) in [5.74, 6) is 2.13. The molecule has 158 valence electrons. The van der Waals surface area contributed by atoms with Crippen LogP contribution in [0.15, 0.2) is 29.6 Å². The molecule has 1 aromatic carbocycles. The number of para-hydroxylation sites is 1. The summed E-state index contributed by atoms with van der Waals surface area (Å²) in [6.45, 7) is 11.2. The molecule has 1 amide bonds. The monoisotopic (exact) mass is 412 g/mol. The van der Waals surface area contributed by atoms with E-state index in [1.807, 2.05) is 23.6 Å².